The normalized spacial score (nSPS) is 14.5. The van der Waals surface area contributed by atoms with Crippen molar-refractivity contribution < 1.29 is 0 Å². The van der Waals surface area contributed by atoms with Crippen LogP contribution < -0.4 is 26.0 Å². The maximum absolute atomic E-state index is 12.2. The van der Waals surface area contributed by atoms with Gasteiger partial charge in [-0.15, -0.1) is 0 Å². The molecule has 0 spiro atoms. The average Bonchev–Trinajstić information content (AvgIpc) is 2.72. The highest BCUT2D eigenvalue weighted by Gasteiger charge is 2.28. The second kappa shape index (κ2) is 7.86. The number of hydrogen-bond donors (Lipinski definition) is 1. The molecule has 3 aromatic carbocycles. The molecule has 144 valence electrons. The molecular weight excluding hydrogens is 397 g/mol. The predicted molar refractivity (Wildman–Crippen MR) is 116 cm³/mol. The fourth-order valence-corrected chi connectivity index (χ4v) is 3.81. The van der Waals surface area contributed by atoms with Crippen LogP contribution in [0.5, 0.6) is 0 Å². The number of benzene rings is 2. The van der Waals surface area contributed by atoms with Gasteiger partial charge in [0.2, 0.25) is 0 Å². The summed E-state index contributed by atoms with van der Waals surface area (Å²) >= 11 is 12.0. The van der Waals surface area contributed by atoms with Crippen LogP contribution in [0.4, 0.5) is 17.1 Å². The monoisotopic (exact) mass is 415 g/mol. The van der Waals surface area contributed by atoms with Gasteiger partial charge in [-0.25, -0.2) is 0 Å². The van der Waals surface area contributed by atoms with Crippen LogP contribution in [0.2, 0.25) is 10.0 Å². The minimum Gasteiger partial charge on any atom is -0.376 e. The molecule has 1 heterocycles. The summed E-state index contributed by atoms with van der Waals surface area (Å²) in [6, 6.07) is 15.1. The Morgan fingerprint density at radius 3 is 2.18 bits per heavy atom. The zero-order valence-electron chi connectivity index (χ0n) is 15.1. The summed E-state index contributed by atoms with van der Waals surface area (Å²) in [4.78, 5) is 28.5. The molecule has 0 aromatic heterocycles. The summed E-state index contributed by atoms with van der Waals surface area (Å²) in [7, 11) is 0. The number of nitrogens with one attached hydrogen (secondary N) is 1. The topological polar surface area (TPSA) is 52.7 Å². The highest BCUT2D eigenvalue weighted by atomic mass is 35.5. The molecule has 28 heavy (non-hydrogen) atoms. The van der Waals surface area contributed by atoms with Crippen molar-refractivity contribution in [3.63, 3.8) is 0 Å². The Hall–Kier alpha value is -2.50. The minimum atomic E-state index is -0.443. The maximum atomic E-state index is 12.2. The molecule has 1 aliphatic rings. The van der Waals surface area contributed by atoms with E-state index in [0.717, 1.165) is 24.3 Å². The lowest BCUT2D eigenvalue weighted by Crippen LogP contribution is -2.51. The first-order valence-electron chi connectivity index (χ1n) is 9.10. The van der Waals surface area contributed by atoms with Crippen LogP contribution in [0.25, 0.3) is 0 Å². The van der Waals surface area contributed by atoms with E-state index in [2.05, 4.69) is 10.2 Å². The van der Waals surface area contributed by atoms with Gasteiger partial charge >= 0.3 is 0 Å². The van der Waals surface area contributed by atoms with Crippen LogP contribution in [-0.4, -0.2) is 26.2 Å². The van der Waals surface area contributed by atoms with Crippen molar-refractivity contribution in [2.45, 2.75) is 6.54 Å². The Morgan fingerprint density at radius 1 is 0.821 bits per heavy atom. The largest absolute Gasteiger partial charge is 0.376 e. The first-order valence-corrected chi connectivity index (χ1v) is 9.85. The Bertz CT molecular complexity index is 1050. The number of halogens is 2. The smallest absolute Gasteiger partial charge is 0.253 e. The summed E-state index contributed by atoms with van der Waals surface area (Å²) in [6.45, 7) is 3.34. The molecule has 1 fully saturated rings. The zero-order chi connectivity index (χ0) is 19.7. The molecule has 1 aliphatic heterocycles. The SMILES string of the molecule is O=c1c(NCc2ccc(Cl)cc2)c(N2CCN(c3cccc(Cl)c3)CC2)c1=O. The summed E-state index contributed by atoms with van der Waals surface area (Å²) in [5.74, 6) is 0. The van der Waals surface area contributed by atoms with Gasteiger partial charge in [0.25, 0.3) is 10.9 Å². The molecule has 0 atom stereocenters. The number of anilines is 3. The lowest BCUT2D eigenvalue weighted by molar-refractivity contribution is 0.650. The second-order valence-electron chi connectivity index (χ2n) is 6.82. The summed E-state index contributed by atoms with van der Waals surface area (Å²) in [5.41, 5.74) is 2.13. The molecule has 0 radical (unpaired) electrons. The third kappa shape index (κ3) is 3.73. The summed E-state index contributed by atoms with van der Waals surface area (Å²) in [5, 5.41) is 4.49. The van der Waals surface area contributed by atoms with Crippen molar-refractivity contribution in [1.82, 2.24) is 0 Å². The van der Waals surface area contributed by atoms with Crippen LogP contribution in [0, 0.1) is 0 Å². The molecule has 0 unspecified atom stereocenters. The molecule has 0 bridgehead atoms. The molecule has 0 amide bonds. The molecule has 4 rings (SSSR count). The van der Waals surface area contributed by atoms with Gasteiger partial charge in [-0.1, -0.05) is 41.4 Å². The van der Waals surface area contributed by atoms with Crippen LogP contribution in [-0.2, 0) is 6.54 Å². The van der Waals surface area contributed by atoms with Crippen molar-refractivity contribution in [2.24, 2.45) is 0 Å². The average molecular weight is 416 g/mol. The van der Waals surface area contributed by atoms with Gasteiger partial charge in [0.1, 0.15) is 11.4 Å². The van der Waals surface area contributed by atoms with Crippen LogP contribution in [0.1, 0.15) is 5.56 Å². The summed E-state index contributed by atoms with van der Waals surface area (Å²) in [6.07, 6.45) is 0. The van der Waals surface area contributed by atoms with E-state index in [1.807, 2.05) is 41.3 Å². The van der Waals surface area contributed by atoms with E-state index in [1.54, 1.807) is 12.1 Å². The van der Waals surface area contributed by atoms with Gasteiger partial charge in [-0.3, -0.25) is 9.59 Å². The Balaban J connectivity index is 1.43. The van der Waals surface area contributed by atoms with Crippen LogP contribution in [0.15, 0.2) is 58.1 Å². The van der Waals surface area contributed by atoms with Crippen LogP contribution >= 0.6 is 23.2 Å². The van der Waals surface area contributed by atoms with E-state index in [4.69, 9.17) is 23.2 Å². The van der Waals surface area contributed by atoms with E-state index in [9.17, 15) is 9.59 Å². The van der Waals surface area contributed by atoms with Crippen molar-refractivity contribution >= 4 is 40.3 Å². The van der Waals surface area contributed by atoms with E-state index < -0.39 is 10.9 Å². The number of rotatable bonds is 5. The molecule has 1 saturated heterocycles. The van der Waals surface area contributed by atoms with Gasteiger partial charge in [0, 0.05) is 48.5 Å². The number of nitrogens with zero attached hydrogens (tertiary/aromatic N) is 2. The van der Waals surface area contributed by atoms with Crippen molar-refractivity contribution in [2.75, 3.05) is 41.3 Å². The van der Waals surface area contributed by atoms with Gasteiger partial charge in [-0.2, -0.15) is 0 Å². The second-order valence-corrected chi connectivity index (χ2v) is 7.69. The van der Waals surface area contributed by atoms with Crippen molar-refractivity contribution in [3.05, 3.63) is 84.6 Å². The Kier molecular flexibility index (Phi) is 5.29. The number of hydrogen-bond acceptors (Lipinski definition) is 5. The number of piperazine rings is 1. The standard InChI is InChI=1S/C21H19Cl2N3O2/c22-15-6-4-14(5-7-15)13-24-18-19(21(28)20(18)27)26-10-8-25(9-11-26)17-3-1-2-16(23)12-17/h1-7,12,24H,8-11,13H2. The molecule has 3 aromatic rings. The highest BCUT2D eigenvalue weighted by molar-refractivity contribution is 6.31. The van der Waals surface area contributed by atoms with Gasteiger partial charge in [0.05, 0.1) is 0 Å². The van der Waals surface area contributed by atoms with Crippen molar-refractivity contribution in [3.8, 4) is 0 Å². The fraction of sp³-hybridized carbons (Fsp3) is 0.238. The fourth-order valence-electron chi connectivity index (χ4n) is 3.50. The molecular formula is C21H19Cl2N3O2. The quantitative estimate of drug-likeness (QED) is 0.645. The van der Waals surface area contributed by atoms with E-state index >= 15 is 0 Å². The van der Waals surface area contributed by atoms with E-state index in [1.165, 1.54) is 0 Å². The van der Waals surface area contributed by atoms with E-state index in [0.29, 0.717) is 41.1 Å². The predicted octanol–water partition coefficient (Wildman–Crippen LogP) is 3.53. The molecule has 0 aliphatic carbocycles. The molecule has 0 saturated carbocycles. The zero-order valence-corrected chi connectivity index (χ0v) is 16.6. The Labute approximate surface area is 172 Å². The minimum absolute atomic E-state index is 0.408. The third-order valence-electron chi connectivity index (χ3n) is 5.04. The lowest BCUT2D eigenvalue weighted by atomic mass is 10.1. The maximum Gasteiger partial charge on any atom is 0.253 e. The lowest BCUT2D eigenvalue weighted by Gasteiger charge is -2.38. The molecule has 5 nitrogen and oxygen atoms in total. The summed E-state index contributed by atoms with van der Waals surface area (Å²) < 4.78 is 0. The first kappa shape index (κ1) is 18.8. The van der Waals surface area contributed by atoms with Gasteiger partial charge in [-0.05, 0) is 35.9 Å². The van der Waals surface area contributed by atoms with Crippen molar-refractivity contribution in [1.29, 1.82) is 0 Å². The molecule has 7 heteroatoms. The van der Waals surface area contributed by atoms with E-state index in [-0.39, 0.29) is 0 Å². The van der Waals surface area contributed by atoms with Crippen LogP contribution in [0.3, 0.4) is 0 Å². The molecule has 1 N–H and O–H groups in total. The van der Waals surface area contributed by atoms with Gasteiger partial charge < -0.3 is 15.1 Å². The van der Waals surface area contributed by atoms with Gasteiger partial charge in [0.15, 0.2) is 0 Å². The highest BCUT2D eigenvalue weighted by Crippen LogP contribution is 2.25. The third-order valence-corrected chi connectivity index (χ3v) is 5.52. The first-order chi connectivity index (χ1) is 13.5. The Morgan fingerprint density at radius 2 is 1.50 bits per heavy atom.